The number of benzene rings is 7. The van der Waals surface area contributed by atoms with Gasteiger partial charge < -0.3 is 9.64 Å². The van der Waals surface area contributed by atoms with Crippen molar-refractivity contribution in [3.63, 3.8) is 0 Å². The van der Waals surface area contributed by atoms with E-state index in [4.69, 9.17) is 4.74 Å². The molecule has 0 saturated carbocycles. The molecule has 2 aliphatic rings. The number of ether oxygens (including phenoxy) is 1. The molecule has 1 spiro atoms. The third-order valence-corrected chi connectivity index (χ3v) is 9.31. The van der Waals surface area contributed by atoms with Gasteiger partial charge in [-0.25, -0.2) is 0 Å². The molecule has 0 amide bonds. The summed E-state index contributed by atoms with van der Waals surface area (Å²) in [5.74, 6) is 0. The highest BCUT2D eigenvalue weighted by molar-refractivity contribution is 5.99. The maximum absolute atomic E-state index is 6.79. The maximum Gasteiger partial charge on any atom is 0.185 e. The molecule has 0 fully saturated rings. The first-order chi connectivity index (χ1) is 22.3. The van der Waals surface area contributed by atoms with Gasteiger partial charge in [-0.05, 0) is 69.6 Å². The molecule has 1 aliphatic carbocycles. The SMILES string of the molecule is C1=Cc2ccccc2C2(O1)c1ccccc1-c1ccc(N(c3ccc(-c4ccccc4)cc3)c3cccc4ccccc34)cc12. The molecule has 0 aromatic heterocycles. The lowest BCUT2D eigenvalue weighted by atomic mass is 9.80. The van der Waals surface area contributed by atoms with E-state index in [1.54, 1.807) is 0 Å². The predicted octanol–water partition coefficient (Wildman–Crippen LogP) is 11.2. The van der Waals surface area contributed by atoms with Crippen molar-refractivity contribution < 1.29 is 4.74 Å². The van der Waals surface area contributed by atoms with Crippen LogP contribution in [0.15, 0.2) is 170 Å². The number of rotatable bonds is 4. The Morgan fingerprint density at radius 3 is 2.02 bits per heavy atom. The average Bonchev–Trinajstić information content (AvgIpc) is 3.38. The van der Waals surface area contributed by atoms with E-state index < -0.39 is 5.60 Å². The summed E-state index contributed by atoms with van der Waals surface area (Å²) in [5, 5.41) is 2.41. The van der Waals surface area contributed by atoms with E-state index in [1.807, 2.05) is 6.26 Å². The monoisotopic (exact) mass is 575 g/mol. The van der Waals surface area contributed by atoms with Crippen LogP contribution >= 0.6 is 0 Å². The highest BCUT2D eigenvalue weighted by atomic mass is 16.5. The largest absolute Gasteiger partial charge is 0.481 e. The van der Waals surface area contributed by atoms with Crippen LogP contribution in [0.2, 0.25) is 0 Å². The molecular weight excluding hydrogens is 546 g/mol. The first kappa shape index (κ1) is 25.6. The summed E-state index contributed by atoms with van der Waals surface area (Å²) in [4.78, 5) is 2.39. The molecule has 7 aromatic rings. The van der Waals surface area contributed by atoms with E-state index in [0.717, 1.165) is 22.6 Å². The third-order valence-electron chi connectivity index (χ3n) is 9.31. The molecule has 0 bridgehead atoms. The van der Waals surface area contributed by atoms with E-state index >= 15 is 0 Å². The number of anilines is 3. The molecule has 2 heteroatoms. The zero-order valence-electron chi connectivity index (χ0n) is 24.6. The van der Waals surface area contributed by atoms with Gasteiger partial charge in [-0.1, -0.05) is 133 Å². The van der Waals surface area contributed by atoms with E-state index in [0.29, 0.717) is 0 Å². The van der Waals surface area contributed by atoms with Crippen molar-refractivity contribution in [3.8, 4) is 22.3 Å². The fraction of sp³-hybridized carbons (Fsp3) is 0.0233. The summed E-state index contributed by atoms with van der Waals surface area (Å²) in [6.45, 7) is 0. The average molecular weight is 576 g/mol. The summed E-state index contributed by atoms with van der Waals surface area (Å²) in [6.07, 6.45) is 3.94. The minimum atomic E-state index is -0.727. The van der Waals surface area contributed by atoms with E-state index in [-0.39, 0.29) is 0 Å². The van der Waals surface area contributed by atoms with Crippen molar-refractivity contribution in [1.82, 2.24) is 0 Å². The van der Waals surface area contributed by atoms with Crippen LogP contribution in [-0.2, 0) is 10.3 Å². The van der Waals surface area contributed by atoms with Crippen molar-refractivity contribution in [2.24, 2.45) is 0 Å². The second-order valence-electron chi connectivity index (χ2n) is 11.7. The van der Waals surface area contributed by atoms with Crippen LogP contribution in [-0.4, -0.2) is 0 Å². The normalized spacial score (nSPS) is 15.7. The first-order valence-electron chi connectivity index (χ1n) is 15.4. The van der Waals surface area contributed by atoms with E-state index in [9.17, 15) is 0 Å². The van der Waals surface area contributed by atoms with Gasteiger partial charge in [0, 0.05) is 33.5 Å². The molecule has 2 nitrogen and oxygen atoms in total. The van der Waals surface area contributed by atoms with Crippen molar-refractivity contribution in [2.75, 3.05) is 4.90 Å². The van der Waals surface area contributed by atoms with Crippen LogP contribution in [0.4, 0.5) is 17.1 Å². The zero-order valence-corrected chi connectivity index (χ0v) is 24.6. The van der Waals surface area contributed by atoms with Crippen molar-refractivity contribution >= 4 is 33.9 Å². The molecule has 1 heterocycles. The summed E-state index contributed by atoms with van der Waals surface area (Å²) in [6, 6.07) is 58.8. The molecule has 0 radical (unpaired) electrons. The first-order valence-corrected chi connectivity index (χ1v) is 15.4. The van der Waals surface area contributed by atoms with Gasteiger partial charge in [0.1, 0.15) is 0 Å². The highest BCUT2D eigenvalue weighted by Crippen LogP contribution is 2.56. The van der Waals surface area contributed by atoms with Crippen molar-refractivity contribution in [2.45, 2.75) is 5.60 Å². The number of fused-ring (bicyclic) bond motifs is 8. The second kappa shape index (κ2) is 10.1. The van der Waals surface area contributed by atoms with Gasteiger partial charge in [0.15, 0.2) is 5.60 Å². The smallest absolute Gasteiger partial charge is 0.185 e. The van der Waals surface area contributed by atoms with E-state index in [1.165, 1.54) is 49.7 Å². The number of nitrogens with zero attached hydrogens (tertiary/aromatic N) is 1. The summed E-state index contributed by atoms with van der Waals surface area (Å²) < 4.78 is 6.79. The molecule has 1 atom stereocenters. The van der Waals surface area contributed by atoms with Crippen LogP contribution in [0, 0.1) is 0 Å². The van der Waals surface area contributed by atoms with Gasteiger partial charge in [-0.3, -0.25) is 0 Å². The molecule has 7 aromatic carbocycles. The Hall–Kier alpha value is -5.86. The Kier molecular flexibility index (Phi) is 5.76. The minimum Gasteiger partial charge on any atom is -0.481 e. The minimum absolute atomic E-state index is 0.727. The van der Waals surface area contributed by atoms with Crippen LogP contribution in [0.5, 0.6) is 0 Å². The fourth-order valence-electron chi connectivity index (χ4n) is 7.28. The second-order valence-corrected chi connectivity index (χ2v) is 11.7. The Labute approximate surface area is 263 Å². The standard InChI is InChI=1S/C43H29NO/c1-2-11-30(12-3-1)31-21-23-34(24-22-31)44(42-20-10-15-32-13-4-6-16-36(32)42)35-25-26-38-37-17-7-9-19-40(37)43(41(38)29-35)39-18-8-5-14-33(39)27-28-45-43/h1-29H. The van der Waals surface area contributed by atoms with Gasteiger partial charge in [0.25, 0.3) is 0 Å². The molecule has 1 unspecified atom stereocenters. The van der Waals surface area contributed by atoms with Crippen LogP contribution in [0.1, 0.15) is 22.3 Å². The number of hydrogen-bond acceptors (Lipinski definition) is 2. The van der Waals surface area contributed by atoms with Crippen LogP contribution < -0.4 is 4.90 Å². The maximum atomic E-state index is 6.79. The lowest BCUT2D eigenvalue weighted by Crippen LogP contribution is -2.31. The molecule has 45 heavy (non-hydrogen) atoms. The van der Waals surface area contributed by atoms with E-state index in [2.05, 4.69) is 175 Å². The Morgan fingerprint density at radius 1 is 0.467 bits per heavy atom. The molecule has 1 aliphatic heterocycles. The predicted molar refractivity (Wildman–Crippen MR) is 186 cm³/mol. The highest BCUT2D eigenvalue weighted by Gasteiger charge is 2.48. The summed E-state index contributed by atoms with van der Waals surface area (Å²) in [5.41, 5.74) is 12.1. The molecule has 212 valence electrons. The molecular formula is C43H29NO. The van der Waals surface area contributed by atoms with Gasteiger partial charge in [-0.15, -0.1) is 0 Å². The topological polar surface area (TPSA) is 12.5 Å². The van der Waals surface area contributed by atoms with Crippen LogP contribution in [0.25, 0.3) is 39.1 Å². The zero-order chi connectivity index (χ0) is 29.8. The van der Waals surface area contributed by atoms with Gasteiger partial charge in [0.2, 0.25) is 0 Å². The van der Waals surface area contributed by atoms with Gasteiger partial charge in [-0.2, -0.15) is 0 Å². The Balaban J connectivity index is 1.28. The molecule has 0 N–H and O–H groups in total. The molecule has 9 rings (SSSR count). The van der Waals surface area contributed by atoms with Crippen molar-refractivity contribution in [1.29, 1.82) is 0 Å². The molecule has 0 saturated heterocycles. The quantitative estimate of drug-likeness (QED) is 0.207. The Morgan fingerprint density at radius 2 is 1.13 bits per heavy atom. The van der Waals surface area contributed by atoms with Gasteiger partial charge >= 0.3 is 0 Å². The number of hydrogen-bond donors (Lipinski definition) is 0. The fourth-order valence-corrected chi connectivity index (χ4v) is 7.28. The van der Waals surface area contributed by atoms with Crippen LogP contribution in [0.3, 0.4) is 0 Å². The lowest BCUT2D eigenvalue weighted by molar-refractivity contribution is 0.100. The Bertz CT molecular complexity index is 2240. The summed E-state index contributed by atoms with van der Waals surface area (Å²) >= 11 is 0. The summed E-state index contributed by atoms with van der Waals surface area (Å²) in [7, 11) is 0. The van der Waals surface area contributed by atoms with Crippen molar-refractivity contribution in [3.05, 3.63) is 192 Å². The van der Waals surface area contributed by atoms with Gasteiger partial charge in [0.05, 0.1) is 11.9 Å². The lowest BCUT2D eigenvalue weighted by Gasteiger charge is -2.36. The third kappa shape index (κ3) is 3.89.